The molecule has 0 aliphatic rings. The zero-order valence-electron chi connectivity index (χ0n) is 2.72. The minimum atomic E-state index is -0.972. The first kappa shape index (κ1) is 23.3. The van der Waals surface area contributed by atoms with Gasteiger partial charge in [0.25, 0.3) is 0 Å². The van der Waals surface area contributed by atoms with E-state index in [0.29, 0.717) is 0 Å². The molecule has 0 unspecified atom stereocenters. The molecule has 0 atom stereocenters. The molecule has 6 heteroatoms. The van der Waals surface area contributed by atoms with Crippen molar-refractivity contribution in [1.29, 1.82) is 0 Å². The van der Waals surface area contributed by atoms with Gasteiger partial charge < -0.3 is 24.8 Å². The minimum Gasteiger partial charge on any atom is 2.00 e. The topological polar surface area (TPSA) is 0 Å². The molecule has 6 heavy (non-hydrogen) atoms. The first-order valence-corrected chi connectivity index (χ1v) is 9.95. The Balaban J connectivity index is -0.00000000667. The predicted octanol–water partition coefficient (Wildman–Crippen LogP) is -5.00. The second-order valence-corrected chi connectivity index (χ2v) is 5.64. The summed E-state index contributed by atoms with van der Waals surface area (Å²) in [5, 5.41) is 0. The van der Waals surface area contributed by atoms with Gasteiger partial charge >= 0.3 is 57.9 Å². The third-order valence-corrected chi connectivity index (χ3v) is 0. The van der Waals surface area contributed by atoms with E-state index >= 15 is 0 Å². The SMILES string of the molecule is [Cl-].[Cl-].[Cl][Pb][Cl].[Zn+2]. The van der Waals surface area contributed by atoms with E-state index in [1.54, 1.807) is 0 Å². The van der Waals surface area contributed by atoms with Crippen LogP contribution in [-0.4, -0.2) is 21.8 Å². The third-order valence-electron chi connectivity index (χ3n) is 0. The number of rotatable bonds is 0. The zero-order valence-corrected chi connectivity index (χ0v) is 12.6. The number of halogens is 4. The van der Waals surface area contributed by atoms with E-state index in [1.807, 2.05) is 0 Å². The summed E-state index contributed by atoms with van der Waals surface area (Å²) in [7, 11) is 9.92. The molecule has 0 saturated carbocycles. The molecule has 0 aliphatic carbocycles. The first-order valence-electron chi connectivity index (χ1n) is 0.378. The molecule has 0 N–H and O–H groups in total. The van der Waals surface area contributed by atoms with Crippen LogP contribution in [0.1, 0.15) is 0 Å². The van der Waals surface area contributed by atoms with E-state index in [1.165, 1.54) is 0 Å². The van der Waals surface area contributed by atoms with Crippen molar-refractivity contribution >= 4 is 38.4 Å². The second kappa shape index (κ2) is 25.2. The summed E-state index contributed by atoms with van der Waals surface area (Å²) in [6, 6.07) is 0. The fraction of sp³-hybridized carbons (Fsp3) is 0. The molecule has 0 rings (SSSR count). The van der Waals surface area contributed by atoms with E-state index in [0.717, 1.165) is 0 Å². The Morgan fingerprint density at radius 3 is 1.00 bits per heavy atom. The first-order chi connectivity index (χ1) is 1.41. The van der Waals surface area contributed by atoms with Gasteiger partial charge in [0.1, 0.15) is 0 Å². The van der Waals surface area contributed by atoms with Crippen LogP contribution in [-0.2, 0) is 19.5 Å². The van der Waals surface area contributed by atoms with Crippen LogP contribution in [0.2, 0.25) is 0 Å². The van der Waals surface area contributed by atoms with Crippen LogP contribution in [0.25, 0.3) is 0 Å². The Bertz CT molecular complexity index is 7.51. The minimum absolute atomic E-state index is 0. The van der Waals surface area contributed by atoms with Crippen LogP contribution in [0.3, 0.4) is 0 Å². The Labute approximate surface area is 81.5 Å². The Morgan fingerprint density at radius 2 is 1.00 bits per heavy atom. The molecule has 0 spiro atoms. The molecule has 0 fully saturated rings. The average Bonchev–Trinajstić information content (AvgIpc) is 0.918. The van der Waals surface area contributed by atoms with Crippen LogP contribution >= 0.6 is 16.6 Å². The quantitative estimate of drug-likeness (QED) is 0.349. The third kappa shape index (κ3) is 29.8. The van der Waals surface area contributed by atoms with Gasteiger partial charge in [0.2, 0.25) is 0 Å². The summed E-state index contributed by atoms with van der Waals surface area (Å²) in [5.74, 6) is 0. The monoisotopic (exact) mass is 412 g/mol. The van der Waals surface area contributed by atoms with Crippen molar-refractivity contribution in [3.63, 3.8) is 0 Å². The normalized spacial score (nSPS) is 3.00. The van der Waals surface area contributed by atoms with E-state index < -0.39 is 21.8 Å². The van der Waals surface area contributed by atoms with Gasteiger partial charge in [-0.1, -0.05) is 0 Å². The van der Waals surface area contributed by atoms with Gasteiger partial charge in [-0.15, -0.1) is 0 Å². The summed E-state index contributed by atoms with van der Waals surface area (Å²) >= 11 is -0.972. The molecule has 0 bridgehead atoms. The molecule has 0 aromatic heterocycles. The van der Waals surface area contributed by atoms with Gasteiger partial charge in [-0.2, -0.15) is 0 Å². The average molecular weight is 414 g/mol. The van der Waals surface area contributed by atoms with Crippen molar-refractivity contribution in [3.05, 3.63) is 0 Å². The van der Waals surface area contributed by atoms with Gasteiger partial charge in [-0.3, -0.25) is 0 Å². The maximum atomic E-state index is 4.96. The van der Waals surface area contributed by atoms with Crippen molar-refractivity contribution in [2.45, 2.75) is 0 Å². The van der Waals surface area contributed by atoms with E-state index in [4.69, 9.17) is 16.6 Å². The Morgan fingerprint density at radius 1 is 1.00 bits per heavy atom. The van der Waals surface area contributed by atoms with E-state index in [-0.39, 0.29) is 44.3 Å². The molecule has 0 nitrogen and oxygen atoms in total. The molecular weight excluding hydrogens is 414 g/mol. The summed E-state index contributed by atoms with van der Waals surface area (Å²) in [4.78, 5) is 0. The molecule has 0 aromatic rings. The maximum absolute atomic E-state index is 4.96. The van der Waals surface area contributed by atoms with Crippen LogP contribution < -0.4 is 24.8 Å². The Kier molecular flexibility index (Phi) is 98.2. The van der Waals surface area contributed by atoms with Crippen molar-refractivity contribution in [3.8, 4) is 0 Å². The zero-order chi connectivity index (χ0) is 2.71. The van der Waals surface area contributed by atoms with Gasteiger partial charge in [0.15, 0.2) is 0 Å². The second-order valence-electron chi connectivity index (χ2n) is 0.0714. The summed E-state index contributed by atoms with van der Waals surface area (Å²) in [6.07, 6.45) is 0. The number of hydrogen-bond donors (Lipinski definition) is 0. The fourth-order valence-corrected chi connectivity index (χ4v) is 0. The van der Waals surface area contributed by atoms with Gasteiger partial charge in [-0.25, -0.2) is 0 Å². The standard InChI is InChI=1S/4ClH.Pb.Zn/h4*1H;;/q;;;;2*+2/p-4. The molecule has 0 saturated heterocycles. The molecule has 2 radical (unpaired) electrons. The van der Waals surface area contributed by atoms with E-state index in [2.05, 4.69) is 0 Å². The molecule has 0 aliphatic heterocycles. The van der Waals surface area contributed by atoms with Crippen molar-refractivity contribution in [2.24, 2.45) is 0 Å². The van der Waals surface area contributed by atoms with Crippen LogP contribution in [0.4, 0.5) is 0 Å². The largest absolute Gasteiger partial charge is 2.00 e. The smallest absolute Gasteiger partial charge is 2.00 e. The Hall–Kier alpha value is 2.71. The molecule has 0 amide bonds. The molecule has 34 valence electrons. The molecule has 0 aromatic carbocycles. The van der Waals surface area contributed by atoms with Crippen molar-refractivity contribution in [1.82, 2.24) is 0 Å². The summed E-state index contributed by atoms with van der Waals surface area (Å²) < 4.78 is 0. The van der Waals surface area contributed by atoms with Crippen molar-refractivity contribution in [2.75, 3.05) is 0 Å². The molecular formula is Cl4PbZn. The van der Waals surface area contributed by atoms with Crippen LogP contribution in [0, 0.1) is 0 Å². The van der Waals surface area contributed by atoms with Gasteiger partial charge in [-0.05, 0) is 0 Å². The fourth-order valence-electron chi connectivity index (χ4n) is 0. The van der Waals surface area contributed by atoms with Gasteiger partial charge in [0.05, 0.1) is 0 Å². The number of hydrogen-bond acceptors (Lipinski definition) is 0. The molecule has 0 heterocycles. The van der Waals surface area contributed by atoms with Crippen LogP contribution in [0.5, 0.6) is 0 Å². The summed E-state index contributed by atoms with van der Waals surface area (Å²) in [6.45, 7) is 0. The predicted molar refractivity (Wildman–Crippen MR) is 17.5 cm³/mol. The van der Waals surface area contributed by atoms with Gasteiger partial charge in [0, 0.05) is 0 Å². The van der Waals surface area contributed by atoms with E-state index in [9.17, 15) is 0 Å². The van der Waals surface area contributed by atoms with Crippen molar-refractivity contribution < 1.29 is 44.3 Å². The van der Waals surface area contributed by atoms with Crippen LogP contribution in [0.15, 0.2) is 0 Å². The maximum Gasteiger partial charge on any atom is 2.00 e. The summed E-state index contributed by atoms with van der Waals surface area (Å²) in [5.41, 5.74) is 0.